The number of rotatable bonds is 7. The van der Waals surface area contributed by atoms with Gasteiger partial charge in [0.25, 0.3) is 11.8 Å². The molecule has 0 spiro atoms. The Hall–Kier alpha value is -3.48. The van der Waals surface area contributed by atoms with E-state index in [1.807, 2.05) is 6.92 Å². The van der Waals surface area contributed by atoms with Crippen LogP contribution in [0.15, 0.2) is 42.5 Å². The minimum atomic E-state index is -0.625. The van der Waals surface area contributed by atoms with Crippen molar-refractivity contribution in [2.75, 3.05) is 6.54 Å². The van der Waals surface area contributed by atoms with Crippen LogP contribution in [0.5, 0.6) is 0 Å². The number of benzene rings is 2. The third kappa shape index (κ3) is 3.78. The molecule has 0 aliphatic carbocycles. The number of unbranched alkanes of at least 4 members (excludes halogenated alkanes) is 1. The number of nitrogens with two attached hydrogens (primary N) is 1. The molecule has 0 atom stereocenters. The van der Waals surface area contributed by atoms with Crippen LogP contribution < -0.4 is 5.73 Å². The van der Waals surface area contributed by atoms with E-state index in [0.29, 0.717) is 23.2 Å². The van der Waals surface area contributed by atoms with Gasteiger partial charge >= 0.3 is 5.97 Å². The maximum absolute atomic E-state index is 12.5. The van der Waals surface area contributed by atoms with Gasteiger partial charge in [0.2, 0.25) is 5.91 Å². The normalized spacial score (nSPS) is 12.8. The van der Waals surface area contributed by atoms with Crippen LogP contribution in [0.3, 0.4) is 0 Å². The number of carbonyl (C=O) groups excluding carboxylic acids is 4. The molecule has 3 amide bonds. The highest BCUT2D eigenvalue weighted by Gasteiger charge is 2.35. The monoisotopic (exact) mass is 380 g/mol. The molecule has 2 aromatic rings. The highest BCUT2D eigenvalue weighted by Crippen LogP contribution is 2.25. The van der Waals surface area contributed by atoms with E-state index in [2.05, 4.69) is 0 Å². The number of nitrogens with zero attached hydrogens (tertiary/aromatic N) is 1. The smallest absolute Gasteiger partial charge is 0.338 e. The number of imide groups is 1. The highest BCUT2D eigenvalue weighted by atomic mass is 16.5. The second-order valence-corrected chi connectivity index (χ2v) is 6.52. The molecule has 7 nitrogen and oxygen atoms in total. The summed E-state index contributed by atoms with van der Waals surface area (Å²) in [6.45, 7) is 2.29. The van der Waals surface area contributed by atoms with Crippen LogP contribution in [0, 0.1) is 0 Å². The van der Waals surface area contributed by atoms with Crippen LogP contribution >= 0.6 is 0 Å². The number of fused-ring (bicyclic) bond motifs is 1. The van der Waals surface area contributed by atoms with Gasteiger partial charge in [-0.3, -0.25) is 19.3 Å². The quantitative estimate of drug-likeness (QED) is 0.587. The number of hydrogen-bond donors (Lipinski definition) is 1. The molecule has 0 aromatic heterocycles. The van der Waals surface area contributed by atoms with Crippen molar-refractivity contribution in [3.8, 4) is 0 Å². The van der Waals surface area contributed by atoms with E-state index in [0.717, 1.165) is 12.8 Å². The van der Waals surface area contributed by atoms with Crippen molar-refractivity contribution in [2.45, 2.75) is 26.4 Å². The summed E-state index contributed by atoms with van der Waals surface area (Å²) in [4.78, 5) is 49.6. The molecule has 1 aliphatic heterocycles. The highest BCUT2D eigenvalue weighted by molar-refractivity contribution is 6.21. The summed E-state index contributed by atoms with van der Waals surface area (Å²) in [5.41, 5.74) is 6.87. The van der Waals surface area contributed by atoms with Crippen LogP contribution in [0.2, 0.25) is 0 Å². The molecular weight excluding hydrogens is 360 g/mol. The minimum absolute atomic E-state index is 0.0491. The van der Waals surface area contributed by atoms with Crippen molar-refractivity contribution >= 4 is 23.7 Å². The summed E-state index contributed by atoms with van der Waals surface area (Å²) in [7, 11) is 0. The van der Waals surface area contributed by atoms with E-state index in [9.17, 15) is 19.2 Å². The zero-order valence-electron chi connectivity index (χ0n) is 15.4. The Balaban J connectivity index is 1.72. The van der Waals surface area contributed by atoms with Gasteiger partial charge in [-0.05, 0) is 42.3 Å². The van der Waals surface area contributed by atoms with E-state index < -0.39 is 17.8 Å². The molecule has 2 N–H and O–H groups in total. The molecule has 0 unspecified atom stereocenters. The zero-order chi connectivity index (χ0) is 20.3. The molecule has 0 bridgehead atoms. The molecule has 7 heteroatoms. The van der Waals surface area contributed by atoms with Gasteiger partial charge in [-0.25, -0.2) is 4.79 Å². The summed E-state index contributed by atoms with van der Waals surface area (Å²) in [5.74, 6) is -1.92. The van der Waals surface area contributed by atoms with Crippen LogP contribution in [-0.4, -0.2) is 35.1 Å². The van der Waals surface area contributed by atoms with Crippen molar-refractivity contribution in [1.82, 2.24) is 4.90 Å². The van der Waals surface area contributed by atoms with Crippen LogP contribution in [0.1, 0.15) is 66.8 Å². The fourth-order valence-corrected chi connectivity index (χ4v) is 2.98. The summed E-state index contributed by atoms with van der Waals surface area (Å²) < 4.78 is 5.26. The fraction of sp³-hybridized carbons (Fsp3) is 0.238. The number of ether oxygens (including phenoxy) is 1. The van der Waals surface area contributed by atoms with Gasteiger partial charge in [0.15, 0.2) is 0 Å². The first-order valence-electron chi connectivity index (χ1n) is 8.98. The average molecular weight is 380 g/mol. The van der Waals surface area contributed by atoms with Crippen LogP contribution in [0.4, 0.5) is 0 Å². The predicted octanol–water partition coefficient (Wildman–Crippen LogP) is 2.54. The molecule has 28 heavy (non-hydrogen) atoms. The lowest BCUT2D eigenvalue weighted by Gasteiger charge is -2.12. The van der Waals surface area contributed by atoms with Crippen molar-refractivity contribution < 1.29 is 23.9 Å². The standard InChI is InChI=1S/C21H20N2O5/c1-2-3-9-23-19(25)16-8-7-15(11-17(16)20(23)26)21(27)28-12-13-5-4-6-14(10-13)18(22)24/h4-8,10-11H,2-3,9,12H2,1H3,(H2,22,24). The summed E-state index contributed by atoms with van der Waals surface area (Å²) >= 11 is 0. The van der Waals surface area contributed by atoms with Gasteiger partial charge in [0.1, 0.15) is 6.61 Å². The number of amides is 3. The second-order valence-electron chi connectivity index (χ2n) is 6.52. The first kappa shape index (κ1) is 19.3. The minimum Gasteiger partial charge on any atom is -0.457 e. The largest absolute Gasteiger partial charge is 0.457 e. The van der Waals surface area contributed by atoms with Gasteiger partial charge in [0.05, 0.1) is 16.7 Å². The summed E-state index contributed by atoms with van der Waals surface area (Å²) in [6, 6.07) is 10.8. The first-order chi connectivity index (χ1) is 13.4. The van der Waals surface area contributed by atoms with E-state index in [1.54, 1.807) is 24.3 Å². The second kappa shape index (κ2) is 8.04. The van der Waals surface area contributed by atoms with E-state index in [4.69, 9.17) is 10.5 Å². The third-order valence-corrected chi connectivity index (χ3v) is 4.52. The van der Waals surface area contributed by atoms with Gasteiger partial charge in [0, 0.05) is 12.1 Å². The molecule has 2 aromatic carbocycles. The topological polar surface area (TPSA) is 107 Å². The SMILES string of the molecule is CCCCN1C(=O)c2ccc(C(=O)OCc3cccc(C(N)=O)c3)cc2C1=O. The number of esters is 1. The third-order valence-electron chi connectivity index (χ3n) is 4.52. The van der Waals surface area contributed by atoms with Crippen molar-refractivity contribution in [2.24, 2.45) is 5.73 Å². The average Bonchev–Trinajstić information content (AvgIpc) is 2.94. The van der Waals surface area contributed by atoms with Gasteiger partial charge < -0.3 is 10.5 Å². The lowest BCUT2D eigenvalue weighted by Crippen LogP contribution is -2.30. The molecule has 0 radical (unpaired) electrons. The fourth-order valence-electron chi connectivity index (χ4n) is 2.98. The molecule has 0 saturated carbocycles. The number of primary amides is 1. The van der Waals surface area contributed by atoms with Crippen molar-refractivity contribution in [1.29, 1.82) is 0 Å². The van der Waals surface area contributed by atoms with E-state index in [1.165, 1.54) is 23.1 Å². The predicted molar refractivity (Wildman–Crippen MR) is 101 cm³/mol. The number of carbonyl (C=O) groups is 4. The van der Waals surface area contributed by atoms with Crippen molar-refractivity contribution in [3.63, 3.8) is 0 Å². The first-order valence-corrected chi connectivity index (χ1v) is 8.98. The summed E-state index contributed by atoms with van der Waals surface area (Å²) in [6.07, 6.45) is 1.59. The Morgan fingerprint density at radius 2 is 1.75 bits per heavy atom. The van der Waals surface area contributed by atoms with Crippen molar-refractivity contribution in [3.05, 3.63) is 70.3 Å². The lowest BCUT2D eigenvalue weighted by atomic mass is 10.1. The van der Waals surface area contributed by atoms with Crippen LogP contribution in [-0.2, 0) is 11.3 Å². The Morgan fingerprint density at radius 3 is 2.46 bits per heavy atom. The Labute approximate surface area is 162 Å². The van der Waals surface area contributed by atoms with Gasteiger partial charge in [-0.15, -0.1) is 0 Å². The molecule has 0 saturated heterocycles. The molecule has 144 valence electrons. The molecule has 0 fully saturated rings. The lowest BCUT2D eigenvalue weighted by molar-refractivity contribution is 0.0472. The van der Waals surface area contributed by atoms with Crippen LogP contribution in [0.25, 0.3) is 0 Å². The zero-order valence-corrected chi connectivity index (χ0v) is 15.4. The van der Waals surface area contributed by atoms with E-state index >= 15 is 0 Å². The summed E-state index contributed by atoms with van der Waals surface area (Å²) in [5, 5.41) is 0. The number of hydrogen-bond acceptors (Lipinski definition) is 5. The van der Waals surface area contributed by atoms with E-state index in [-0.39, 0.29) is 23.6 Å². The molecule has 1 aliphatic rings. The maximum atomic E-state index is 12.5. The van der Waals surface area contributed by atoms with Gasteiger partial charge in [-0.1, -0.05) is 25.5 Å². The molecular formula is C21H20N2O5. The Morgan fingerprint density at radius 1 is 1.00 bits per heavy atom. The maximum Gasteiger partial charge on any atom is 0.338 e. The molecule has 3 rings (SSSR count). The Bertz CT molecular complexity index is 967. The Kier molecular flexibility index (Phi) is 5.54. The molecule has 1 heterocycles. The van der Waals surface area contributed by atoms with Gasteiger partial charge in [-0.2, -0.15) is 0 Å².